The SMILES string of the molecule is COCCCOc1ccc([N+](=O)[O-])cc1CO. The molecule has 0 radical (unpaired) electrons. The fourth-order valence-electron chi connectivity index (χ4n) is 1.33. The minimum absolute atomic E-state index is 0.0571. The maximum Gasteiger partial charge on any atom is 0.270 e. The van der Waals surface area contributed by atoms with Gasteiger partial charge in [0.25, 0.3) is 5.69 Å². The van der Waals surface area contributed by atoms with E-state index < -0.39 is 4.92 Å². The van der Waals surface area contributed by atoms with Crippen LogP contribution in [0.1, 0.15) is 12.0 Å². The molecule has 6 heteroatoms. The highest BCUT2D eigenvalue weighted by Gasteiger charge is 2.10. The third-order valence-electron chi connectivity index (χ3n) is 2.18. The minimum atomic E-state index is -0.506. The average molecular weight is 241 g/mol. The Bertz CT molecular complexity index is 380. The Morgan fingerprint density at radius 2 is 2.18 bits per heavy atom. The molecule has 1 N–H and O–H groups in total. The van der Waals surface area contributed by atoms with Gasteiger partial charge in [-0.25, -0.2) is 0 Å². The van der Waals surface area contributed by atoms with Gasteiger partial charge in [0.15, 0.2) is 0 Å². The van der Waals surface area contributed by atoms with Gasteiger partial charge in [-0.3, -0.25) is 10.1 Å². The van der Waals surface area contributed by atoms with E-state index >= 15 is 0 Å². The number of rotatable bonds is 7. The molecule has 0 aliphatic carbocycles. The van der Waals surface area contributed by atoms with Crippen molar-refractivity contribution in [2.75, 3.05) is 20.3 Å². The molecule has 1 aromatic rings. The van der Waals surface area contributed by atoms with Gasteiger partial charge in [-0.15, -0.1) is 0 Å². The van der Waals surface area contributed by atoms with Gasteiger partial charge in [-0.1, -0.05) is 0 Å². The van der Waals surface area contributed by atoms with Crippen molar-refractivity contribution in [2.45, 2.75) is 13.0 Å². The van der Waals surface area contributed by atoms with Gasteiger partial charge in [0.05, 0.1) is 18.1 Å². The highest BCUT2D eigenvalue weighted by molar-refractivity contribution is 5.43. The van der Waals surface area contributed by atoms with Crippen molar-refractivity contribution in [3.05, 3.63) is 33.9 Å². The lowest BCUT2D eigenvalue weighted by Crippen LogP contribution is -2.03. The number of nitro groups is 1. The quantitative estimate of drug-likeness (QED) is 0.444. The van der Waals surface area contributed by atoms with Crippen LogP contribution in [0.4, 0.5) is 5.69 Å². The van der Waals surface area contributed by atoms with E-state index in [0.717, 1.165) is 6.42 Å². The first-order chi connectivity index (χ1) is 8.19. The van der Waals surface area contributed by atoms with Crippen LogP contribution in [0, 0.1) is 10.1 Å². The summed E-state index contributed by atoms with van der Waals surface area (Å²) in [5.41, 5.74) is 0.356. The zero-order chi connectivity index (χ0) is 12.7. The van der Waals surface area contributed by atoms with E-state index in [1.54, 1.807) is 7.11 Å². The number of aliphatic hydroxyl groups excluding tert-OH is 1. The normalized spacial score (nSPS) is 10.2. The number of non-ortho nitro benzene ring substituents is 1. The molecule has 0 fully saturated rings. The number of nitro benzene ring substituents is 1. The lowest BCUT2D eigenvalue weighted by molar-refractivity contribution is -0.385. The van der Waals surface area contributed by atoms with Crippen molar-refractivity contribution >= 4 is 5.69 Å². The second-order valence-electron chi connectivity index (χ2n) is 3.40. The molecule has 0 saturated heterocycles. The molecule has 0 aliphatic rings. The van der Waals surface area contributed by atoms with Gasteiger partial charge in [0.2, 0.25) is 0 Å². The molecular formula is C11H15NO5. The smallest absolute Gasteiger partial charge is 0.270 e. The lowest BCUT2D eigenvalue weighted by Gasteiger charge is -2.09. The Balaban J connectivity index is 2.68. The highest BCUT2D eigenvalue weighted by Crippen LogP contribution is 2.24. The Morgan fingerprint density at radius 1 is 1.41 bits per heavy atom. The maximum absolute atomic E-state index is 10.5. The summed E-state index contributed by atoms with van der Waals surface area (Å²) in [7, 11) is 1.60. The van der Waals surface area contributed by atoms with Crippen LogP contribution >= 0.6 is 0 Å². The zero-order valence-electron chi connectivity index (χ0n) is 9.59. The molecule has 17 heavy (non-hydrogen) atoms. The second-order valence-corrected chi connectivity index (χ2v) is 3.40. The molecule has 1 aromatic carbocycles. The number of benzene rings is 1. The van der Waals surface area contributed by atoms with E-state index in [1.807, 2.05) is 0 Å². The molecule has 6 nitrogen and oxygen atoms in total. The number of aliphatic hydroxyl groups is 1. The van der Waals surface area contributed by atoms with Crippen molar-refractivity contribution in [3.63, 3.8) is 0 Å². The highest BCUT2D eigenvalue weighted by atomic mass is 16.6. The number of methoxy groups -OCH3 is 1. The Morgan fingerprint density at radius 3 is 2.76 bits per heavy atom. The summed E-state index contributed by atoms with van der Waals surface area (Å²) < 4.78 is 10.3. The number of nitrogens with zero attached hydrogens (tertiary/aromatic N) is 1. The van der Waals surface area contributed by atoms with Crippen molar-refractivity contribution in [3.8, 4) is 5.75 Å². The van der Waals surface area contributed by atoms with Crippen LogP contribution in [0.25, 0.3) is 0 Å². The summed E-state index contributed by atoms with van der Waals surface area (Å²) >= 11 is 0. The molecule has 0 heterocycles. The van der Waals surface area contributed by atoms with E-state index in [2.05, 4.69) is 0 Å². The zero-order valence-corrected chi connectivity index (χ0v) is 9.59. The molecule has 0 saturated carbocycles. The van der Waals surface area contributed by atoms with Crippen LogP contribution in [0.2, 0.25) is 0 Å². The fourth-order valence-corrected chi connectivity index (χ4v) is 1.33. The van der Waals surface area contributed by atoms with Crippen molar-refractivity contribution < 1.29 is 19.5 Å². The summed E-state index contributed by atoms with van der Waals surface area (Å²) in [5, 5.41) is 19.6. The van der Waals surface area contributed by atoms with Gasteiger partial charge < -0.3 is 14.6 Å². The van der Waals surface area contributed by atoms with Crippen molar-refractivity contribution in [1.82, 2.24) is 0 Å². The number of hydrogen-bond acceptors (Lipinski definition) is 5. The van der Waals surface area contributed by atoms with Gasteiger partial charge in [-0.05, 0) is 6.07 Å². The van der Waals surface area contributed by atoms with Gasteiger partial charge in [0, 0.05) is 37.8 Å². The topological polar surface area (TPSA) is 81.8 Å². The first-order valence-electron chi connectivity index (χ1n) is 5.19. The van der Waals surface area contributed by atoms with E-state index in [0.29, 0.717) is 24.5 Å². The monoisotopic (exact) mass is 241 g/mol. The number of hydrogen-bond donors (Lipinski definition) is 1. The summed E-state index contributed by atoms with van der Waals surface area (Å²) in [6.07, 6.45) is 0.721. The third-order valence-corrected chi connectivity index (χ3v) is 2.18. The van der Waals surface area contributed by atoms with Gasteiger partial charge >= 0.3 is 0 Å². The summed E-state index contributed by atoms with van der Waals surface area (Å²) in [4.78, 5) is 10.0. The van der Waals surface area contributed by atoms with Crippen molar-refractivity contribution in [2.24, 2.45) is 0 Å². The van der Waals surface area contributed by atoms with Gasteiger partial charge in [-0.2, -0.15) is 0 Å². The fraction of sp³-hybridized carbons (Fsp3) is 0.455. The van der Waals surface area contributed by atoms with Crippen LogP contribution in [-0.2, 0) is 11.3 Å². The summed E-state index contributed by atoms with van der Waals surface area (Å²) in [5.74, 6) is 0.467. The van der Waals surface area contributed by atoms with E-state index in [1.165, 1.54) is 18.2 Å². The van der Waals surface area contributed by atoms with Crippen LogP contribution in [0.5, 0.6) is 5.75 Å². The molecule has 94 valence electrons. The molecule has 0 spiro atoms. The predicted octanol–water partition coefficient (Wildman–Crippen LogP) is 1.50. The van der Waals surface area contributed by atoms with Gasteiger partial charge in [0.1, 0.15) is 5.75 Å². The van der Waals surface area contributed by atoms with Crippen molar-refractivity contribution in [1.29, 1.82) is 0 Å². The van der Waals surface area contributed by atoms with Crippen LogP contribution < -0.4 is 4.74 Å². The molecule has 0 atom stereocenters. The first kappa shape index (κ1) is 13.4. The maximum atomic E-state index is 10.5. The van der Waals surface area contributed by atoms with E-state index in [-0.39, 0.29) is 12.3 Å². The van der Waals surface area contributed by atoms with Crippen LogP contribution in [0.3, 0.4) is 0 Å². The molecule has 0 bridgehead atoms. The molecule has 0 aliphatic heterocycles. The Hall–Kier alpha value is -1.66. The van der Waals surface area contributed by atoms with E-state index in [4.69, 9.17) is 14.6 Å². The molecule has 1 rings (SSSR count). The summed E-state index contributed by atoms with van der Waals surface area (Å²) in [6, 6.07) is 4.16. The largest absolute Gasteiger partial charge is 0.493 e. The van der Waals surface area contributed by atoms with Crippen LogP contribution in [-0.4, -0.2) is 30.4 Å². The third kappa shape index (κ3) is 4.01. The standard InChI is InChI=1S/C11H15NO5/c1-16-5-2-6-17-11-4-3-10(12(14)15)7-9(11)8-13/h3-4,7,13H,2,5-6,8H2,1H3. The van der Waals surface area contributed by atoms with Crippen LogP contribution in [0.15, 0.2) is 18.2 Å². The van der Waals surface area contributed by atoms with E-state index in [9.17, 15) is 10.1 Å². The molecule has 0 amide bonds. The average Bonchev–Trinajstić information content (AvgIpc) is 2.34. The second kappa shape index (κ2) is 6.82. The first-order valence-corrected chi connectivity index (χ1v) is 5.19. The lowest BCUT2D eigenvalue weighted by atomic mass is 10.2. The summed E-state index contributed by atoms with van der Waals surface area (Å²) in [6.45, 7) is 0.737. The Kier molecular flexibility index (Phi) is 5.38. The molecular weight excluding hydrogens is 226 g/mol. The predicted molar refractivity (Wildman–Crippen MR) is 61.0 cm³/mol. The minimum Gasteiger partial charge on any atom is -0.493 e. The molecule has 0 unspecified atom stereocenters. The Labute approximate surface area is 98.9 Å². The number of ether oxygens (including phenoxy) is 2. The molecule has 0 aromatic heterocycles.